The maximum absolute atomic E-state index is 11.8. The first-order valence-corrected chi connectivity index (χ1v) is 5.94. The quantitative estimate of drug-likeness (QED) is 0.584. The molecule has 1 aromatic rings. The smallest absolute Gasteiger partial charge is 0.326 e. The van der Waals surface area contributed by atoms with Crippen molar-refractivity contribution in [2.75, 3.05) is 7.11 Å². The zero-order chi connectivity index (χ0) is 13.0. The van der Waals surface area contributed by atoms with Crippen molar-refractivity contribution in [3.8, 4) is 6.07 Å². The lowest BCUT2D eigenvalue weighted by Crippen LogP contribution is -2.57. The highest BCUT2D eigenvalue weighted by molar-refractivity contribution is 5.85. The van der Waals surface area contributed by atoms with Crippen LogP contribution in [0.1, 0.15) is 24.9 Å². The number of ether oxygens (including phenoxy) is 1. The fourth-order valence-electron chi connectivity index (χ4n) is 3.36. The monoisotopic (exact) mass is 242 g/mol. The minimum atomic E-state index is -0.648. The molecule has 4 unspecified atom stereocenters. The Bertz CT molecular complexity index is 551. The Morgan fingerprint density at radius 1 is 1.50 bits per heavy atom. The van der Waals surface area contributed by atoms with Gasteiger partial charge in [0.15, 0.2) is 0 Å². The summed E-state index contributed by atoms with van der Waals surface area (Å²) in [5, 5.41) is 9.36. The van der Waals surface area contributed by atoms with E-state index in [-0.39, 0.29) is 12.0 Å². The van der Waals surface area contributed by atoms with Crippen molar-refractivity contribution in [2.24, 2.45) is 0 Å². The third-order valence-electron chi connectivity index (χ3n) is 4.15. The van der Waals surface area contributed by atoms with Crippen molar-refractivity contribution in [3.63, 3.8) is 0 Å². The summed E-state index contributed by atoms with van der Waals surface area (Å²) >= 11 is 0. The van der Waals surface area contributed by atoms with Gasteiger partial charge in [0.05, 0.1) is 19.2 Å². The van der Waals surface area contributed by atoms with Gasteiger partial charge in [0.25, 0.3) is 0 Å². The molecule has 2 aliphatic rings. The second-order valence-electron chi connectivity index (χ2n) is 5.16. The zero-order valence-corrected chi connectivity index (χ0v) is 10.4. The molecule has 0 saturated carbocycles. The van der Waals surface area contributed by atoms with Gasteiger partial charge in [-0.3, -0.25) is 9.69 Å². The molecule has 2 heterocycles. The predicted octanol–water partition coefficient (Wildman–Crippen LogP) is 1.64. The topological polar surface area (TPSA) is 53.1 Å². The first-order valence-electron chi connectivity index (χ1n) is 5.94. The lowest BCUT2D eigenvalue weighted by atomic mass is 9.80. The van der Waals surface area contributed by atoms with Gasteiger partial charge in [0.2, 0.25) is 0 Å². The van der Waals surface area contributed by atoms with Gasteiger partial charge in [0.1, 0.15) is 11.1 Å². The van der Waals surface area contributed by atoms with Crippen LogP contribution >= 0.6 is 0 Å². The molecule has 4 heteroatoms. The van der Waals surface area contributed by atoms with Crippen LogP contribution in [0.3, 0.4) is 0 Å². The highest BCUT2D eigenvalue weighted by atomic mass is 16.5. The number of hydrogen-bond donors (Lipinski definition) is 0. The van der Waals surface area contributed by atoms with Crippen LogP contribution in [0.4, 0.5) is 0 Å². The van der Waals surface area contributed by atoms with Crippen LogP contribution in [0.15, 0.2) is 30.3 Å². The van der Waals surface area contributed by atoms with E-state index in [1.54, 1.807) is 0 Å². The molecule has 18 heavy (non-hydrogen) atoms. The van der Waals surface area contributed by atoms with Gasteiger partial charge in [-0.05, 0) is 12.5 Å². The Labute approximate surface area is 106 Å². The van der Waals surface area contributed by atoms with Gasteiger partial charge in [-0.15, -0.1) is 0 Å². The van der Waals surface area contributed by atoms with E-state index in [1.165, 1.54) is 7.11 Å². The number of nitrogens with zero attached hydrogens (tertiary/aromatic N) is 2. The van der Waals surface area contributed by atoms with Crippen molar-refractivity contribution in [1.82, 2.24) is 4.90 Å². The van der Waals surface area contributed by atoms with Gasteiger partial charge in [-0.1, -0.05) is 30.3 Å². The van der Waals surface area contributed by atoms with E-state index in [1.807, 2.05) is 42.2 Å². The Balaban J connectivity index is 1.94. The Morgan fingerprint density at radius 2 is 2.17 bits per heavy atom. The van der Waals surface area contributed by atoms with E-state index < -0.39 is 11.1 Å². The number of hydrogen-bond acceptors (Lipinski definition) is 4. The highest BCUT2D eigenvalue weighted by Gasteiger charge is 2.82. The van der Waals surface area contributed by atoms with E-state index in [0.717, 1.165) is 5.56 Å². The summed E-state index contributed by atoms with van der Waals surface area (Å²) in [5.74, 6) is -0.258. The van der Waals surface area contributed by atoms with Gasteiger partial charge in [-0.25, -0.2) is 0 Å². The molecule has 2 fully saturated rings. The summed E-state index contributed by atoms with van der Waals surface area (Å²) in [6, 6.07) is 12.2. The molecule has 2 aliphatic heterocycles. The number of rotatable bonds is 2. The first kappa shape index (κ1) is 11.2. The first-order chi connectivity index (χ1) is 8.60. The molecular weight excluding hydrogens is 228 g/mol. The van der Waals surface area contributed by atoms with Gasteiger partial charge in [-0.2, -0.15) is 5.26 Å². The zero-order valence-electron chi connectivity index (χ0n) is 10.4. The van der Waals surface area contributed by atoms with E-state index in [0.29, 0.717) is 6.42 Å². The minimum Gasteiger partial charge on any atom is -0.468 e. The van der Waals surface area contributed by atoms with E-state index in [9.17, 15) is 10.1 Å². The average Bonchev–Trinajstić information content (AvgIpc) is 3.00. The largest absolute Gasteiger partial charge is 0.468 e. The van der Waals surface area contributed by atoms with E-state index in [2.05, 4.69) is 6.07 Å². The summed E-state index contributed by atoms with van der Waals surface area (Å²) in [4.78, 5) is 13.8. The lowest BCUT2D eigenvalue weighted by molar-refractivity contribution is -0.156. The van der Waals surface area contributed by atoms with Crippen molar-refractivity contribution < 1.29 is 9.53 Å². The number of esters is 1. The van der Waals surface area contributed by atoms with Crippen LogP contribution in [0, 0.1) is 11.3 Å². The normalized spacial score (nSPS) is 40.1. The van der Waals surface area contributed by atoms with Gasteiger partial charge in [0, 0.05) is 6.42 Å². The fourth-order valence-corrected chi connectivity index (χ4v) is 3.36. The molecule has 0 aromatic heterocycles. The van der Waals surface area contributed by atoms with Crippen LogP contribution in [-0.4, -0.2) is 29.1 Å². The summed E-state index contributed by atoms with van der Waals surface area (Å²) in [7, 11) is 1.39. The molecule has 0 spiro atoms. The minimum absolute atomic E-state index is 0.0211. The molecule has 0 radical (unpaired) electrons. The molecule has 4 atom stereocenters. The van der Waals surface area contributed by atoms with Crippen molar-refractivity contribution in [1.29, 1.82) is 5.26 Å². The molecule has 0 bridgehead atoms. The maximum atomic E-state index is 11.8. The lowest BCUT2D eigenvalue weighted by Gasteiger charge is -2.39. The van der Waals surface area contributed by atoms with E-state index in [4.69, 9.17) is 4.74 Å². The van der Waals surface area contributed by atoms with Gasteiger partial charge < -0.3 is 4.74 Å². The molecule has 92 valence electrons. The van der Waals surface area contributed by atoms with E-state index >= 15 is 0 Å². The van der Waals surface area contributed by atoms with Crippen molar-refractivity contribution in [2.45, 2.75) is 30.5 Å². The van der Waals surface area contributed by atoms with Crippen molar-refractivity contribution in [3.05, 3.63) is 35.9 Å². The Kier molecular flexibility index (Phi) is 2.08. The van der Waals surface area contributed by atoms with Crippen LogP contribution in [0.25, 0.3) is 0 Å². The predicted molar refractivity (Wildman–Crippen MR) is 64.4 cm³/mol. The van der Waals surface area contributed by atoms with Crippen molar-refractivity contribution >= 4 is 5.97 Å². The molecule has 0 aliphatic carbocycles. The standard InChI is InChI=1S/C14H14N2O2/c1-13(12(17)18-2)8-14(9-15)11(16(13)14)10-6-4-3-5-7-10/h3-7,11H,8H2,1-2H3. The van der Waals surface area contributed by atoms with Crippen LogP contribution in [0.5, 0.6) is 0 Å². The molecule has 2 saturated heterocycles. The summed E-state index contributed by atoms with van der Waals surface area (Å²) in [6.07, 6.45) is 0.544. The second-order valence-corrected chi connectivity index (χ2v) is 5.16. The molecular formula is C14H14N2O2. The molecule has 0 N–H and O–H groups in total. The van der Waals surface area contributed by atoms with Crippen LogP contribution < -0.4 is 0 Å². The maximum Gasteiger partial charge on any atom is 0.326 e. The third-order valence-corrected chi connectivity index (χ3v) is 4.15. The van der Waals surface area contributed by atoms with Gasteiger partial charge >= 0.3 is 5.97 Å². The highest BCUT2D eigenvalue weighted by Crippen LogP contribution is 2.70. The Morgan fingerprint density at radius 3 is 2.72 bits per heavy atom. The average molecular weight is 242 g/mol. The number of carbonyl (C=O) groups is 1. The molecule has 3 rings (SSSR count). The number of benzene rings is 1. The fraction of sp³-hybridized carbons (Fsp3) is 0.429. The van der Waals surface area contributed by atoms with Crippen LogP contribution in [0.2, 0.25) is 0 Å². The van der Waals surface area contributed by atoms with Crippen LogP contribution in [-0.2, 0) is 9.53 Å². The summed E-state index contributed by atoms with van der Waals surface area (Å²) in [6.45, 7) is 1.84. The summed E-state index contributed by atoms with van der Waals surface area (Å²) < 4.78 is 4.84. The third kappa shape index (κ3) is 1.10. The number of nitriles is 1. The molecule has 1 aromatic carbocycles. The number of carbonyl (C=O) groups excluding carboxylic acids is 1. The molecule has 0 amide bonds. The number of methoxy groups -OCH3 is 1. The summed E-state index contributed by atoms with van der Waals surface area (Å²) in [5.41, 5.74) is -0.0541. The molecule has 4 nitrogen and oxygen atoms in total. The Hall–Kier alpha value is -1.86. The SMILES string of the molecule is COC(=O)C1(C)CC2(C#N)C(c3ccccc3)N12. The second kappa shape index (κ2) is 3.33. The number of fused-ring (bicyclic) bond motifs is 1.